The van der Waals surface area contributed by atoms with Crippen LogP contribution < -0.4 is 4.74 Å². The molecule has 0 unspecified atom stereocenters. The third-order valence-corrected chi connectivity index (χ3v) is 2.53. The lowest BCUT2D eigenvalue weighted by molar-refractivity contribution is -0.385. The van der Waals surface area contributed by atoms with Crippen molar-refractivity contribution in [3.63, 3.8) is 0 Å². The first kappa shape index (κ1) is 13.2. The summed E-state index contributed by atoms with van der Waals surface area (Å²) in [6.45, 7) is 0.0961. The predicted molar refractivity (Wildman–Crippen MR) is 66.6 cm³/mol. The van der Waals surface area contributed by atoms with Crippen molar-refractivity contribution in [2.45, 2.75) is 6.61 Å². The van der Waals surface area contributed by atoms with Crippen LogP contribution >= 0.6 is 11.6 Å². The van der Waals surface area contributed by atoms with Gasteiger partial charge in [0.25, 0.3) is 5.69 Å². The third-order valence-electron chi connectivity index (χ3n) is 2.31. The van der Waals surface area contributed by atoms with Crippen LogP contribution in [0.15, 0.2) is 36.5 Å². The Kier molecular flexibility index (Phi) is 3.91. The highest BCUT2D eigenvalue weighted by atomic mass is 35.5. The molecule has 0 fully saturated rings. The van der Waals surface area contributed by atoms with E-state index in [1.807, 2.05) is 0 Å². The van der Waals surface area contributed by atoms with E-state index < -0.39 is 10.7 Å². The van der Waals surface area contributed by atoms with Crippen LogP contribution in [-0.4, -0.2) is 9.91 Å². The number of non-ortho nitro benzene ring substituents is 1. The molecule has 2 aromatic rings. The molecule has 7 heteroatoms. The topological polar surface area (TPSA) is 65.3 Å². The Bertz CT molecular complexity index is 604. The Morgan fingerprint density at radius 1 is 1.37 bits per heavy atom. The molecule has 0 amide bonds. The molecule has 0 bridgehead atoms. The maximum absolute atomic E-state index is 13.5. The number of halogens is 2. The molecule has 0 aliphatic heterocycles. The van der Waals surface area contributed by atoms with E-state index in [1.54, 1.807) is 12.1 Å². The van der Waals surface area contributed by atoms with Gasteiger partial charge in [-0.2, -0.15) is 0 Å². The standard InChI is InChI=1S/C12H8ClFN2O3/c13-12-4-1-8(6-15-12)7-19-11-3-2-9(16(17)18)5-10(11)14/h1-6H,7H2. The summed E-state index contributed by atoms with van der Waals surface area (Å²) in [5, 5.41) is 10.8. The monoisotopic (exact) mass is 282 g/mol. The fraction of sp³-hybridized carbons (Fsp3) is 0.0833. The fourth-order valence-corrected chi connectivity index (χ4v) is 1.49. The molecule has 19 heavy (non-hydrogen) atoms. The minimum Gasteiger partial charge on any atom is -0.486 e. The van der Waals surface area contributed by atoms with Gasteiger partial charge in [0.2, 0.25) is 0 Å². The second kappa shape index (κ2) is 5.62. The van der Waals surface area contributed by atoms with Crippen molar-refractivity contribution in [2.75, 3.05) is 0 Å². The molecule has 2 rings (SSSR count). The SMILES string of the molecule is O=[N+]([O-])c1ccc(OCc2ccc(Cl)nc2)c(F)c1. The third kappa shape index (κ3) is 3.38. The quantitative estimate of drug-likeness (QED) is 0.490. The number of hydrogen-bond donors (Lipinski definition) is 0. The molecule has 0 spiro atoms. The van der Waals surface area contributed by atoms with Crippen molar-refractivity contribution in [1.29, 1.82) is 0 Å². The first-order chi connectivity index (χ1) is 9.06. The number of nitro groups is 1. The minimum absolute atomic E-state index is 0.0550. The van der Waals surface area contributed by atoms with Crippen LogP contribution in [0.2, 0.25) is 5.15 Å². The van der Waals surface area contributed by atoms with Crippen molar-refractivity contribution in [3.05, 3.63) is 63.2 Å². The summed E-state index contributed by atoms with van der Waals surface area (Å²) >= 11 is 5.63. The fourth-order valence-electron chi connectivity index (χ4n) is 1.37. The number of benzene rings is 1. The summed E-state index contributed by atoms with van der Waals surface area (Å²) in [6.07, 6.45) is 1.51. The molecule has 0 saturated carbocycles. The summed E-state index contributed by atoms with van der Waals surface area (Å²) < 4.78 is 18.7. The number of aromatic nitrogens is 1. The van der Waals surface area contributed by atoms with Crippen molar-refractivity contribution in [3.8, 4) is 5.75 Å². The summed E-state index contributed by atoms with van der Waals surface area (Å²) in [6, 6.07) is 6.50. The second-order valence-corrected chi connectivity index (χ2v) is 4.04. The minimum atomic E-state index is -0.781. The van der Waals surface area contributed by atoms with E-state index in [-0.39, 0.29) is 18.0 Å². The molecule has 0 atom stereocenters. The Labute approximate surface area is 112 Å². The smallest absolute Gasteiger partial charge is 0.272 e. The highest BCUT2D eigenvalue weighted by Crippen LogP contribution is 2.23. The molecule has 0 aliphatic carbocycles. The molecular weight excluding hydrogens is 275 g/mol. The Hall–Kier alpha value is -2.21. The van der Waals surface area contributed by atoms with Gasteiger partial charge in [-0.25, -0.2) is 9.37 Å². The first-order valence-electron chi connectivity index (χ1n) is 5.23. The Balaban J connectivity index is 2.07. The van der Waals surface area contributed by atoms with Gasteiger partial charge in [-0.05, 0) is 12.1 Å². The number of pyridine rings is 1. The van der Waals surface area contributed by atoms with Crippen LogP contribution in [-0.2, 0) is 6.61 Å². The van der Waals surface area contributed by atoms with Crippen molar-refractivity contribution in [1.82, 2.24) is 4.98 Å². The van der Waals surface area contributed by atoms with Crippen LogP contribution in [0, 0.1) is 15.9 Å². The summed E-state index contributed by atoms with van der Waals surface area (Å²) in [7, 11) is 0. The van der Waals surface area contributed by atoms with Gasteiger partial charge < -0.3 is 4.74 Å². The van der Waals surface area contributed by atoms with Crippen LogP contribution in [0.4, 0.5) is 10.1 Å². The van der Waals surface area contributed by atoms with Gasteiger partial charge in [-0.1, -0.05) is 17.7 Å². The lowest BCUT2D eigenvalue weighted by Gasteiger charge is -2.06. The molecule has 1 heterocycles. The maximum atomic E-state index is 13.5. The van der Waals surface area contributed by atoms with E-state index in [2.05, 4.69) is 4.98 Å². The van der Waals surface area contributed by atoms with Crippen LogP contribution in [0.1, 0.15) is 5.56 Å². The van der Waals surface area contributed by atoms with E-state index in [0.717, 1.165) is 6.07 Å². The van der Waals surface area contributed by atoms with E-state index >= 15 is 0 Å². The molecule has 98 valence electrons. The summed E-state index contributed by atoms with van der Waals surface area (Å²) in [5.74, 6) is -0.836. The summed E-state index contributed by atoms with van der Waals surface area (Å²) in [4.78, 5) is 13.6. The predicted octanol–water partition coefficient (Wildman–Crippen LogP) is 3.36. The molecular formula is C12H8ClFN2O3. The van der Waals surface area contributed by atoms with Gasteiger partial charge in [-0.15, -0.1) is 0 Å². The lowest BCUT2D eigenvalue weighted by Crippen LogP contribution is -1.98. The van der Waals surface area contributed by atoms with E-state index in [9.17, 15) is 14.5 Å². The van der Waals surface area contributed by atoms with Crippen LogP contribution in [0.3, 0.4) is 0 Å². The zero-order chi connectivity index (χ0) is 13.8. The van der Waals surface area contributed by atoms with Crippen molar-refractivity contribution < 1.29 is 14.1 Å². The largest absolute Gasteiger partial charge is 0.486 e. The normalized spacial score (nSPS) is 10.2. The number of nitro benzene ring substituents is 1. The molecule has 5 nitrogen and oxygen atoms in total. The van der Waals surface area contributed by atoms with E-state index in [1.165, 1.54) is 18.3 Å². The van der Waals surface area contributed by atoms with Crippen LogP contribution in [0.5, 0.6) is 5.75 Å². The zero-order valence-electron chi connectivity index (χ0n) is 9.55. The van der Waals surface area contributed by atoms with Crippen LogP contribution in [0.25, 0.3) is 0 Å². The van der Waals surface area contributed by atoms with Gasteiger partial charge in [0.1, 0.15) is 11.8 Å². The van der Waals surface area contributed by atoms with Gasteiger partial charge >= 0.3 is 0 Å². The zero-order valence-corrected chi connectivity index (χ0v) is 10.3. The average molecular weight is 283 g/mol. The number of ether oxygens (including phenoxy) is 1. The Morgan fingerprint density at radius 3 is 2.74 bits per heavy atom. The Morgan fingerprint density at radius 2 is 2.16 bits per heavy atom. The van der Waals surface area contributed by atoms with E-state index in [0.29, 0.717) is 10.7 Å². The molecule has 0 radical (unpaired) electrons. The molecule has 1 aromatic carbocycles. The van der Waals surface area contributed by atoms with Gasteiger partial charge in [0.05, 0.1) is 11.0 Å². The number of nitrogens with zero attached hydrogens (tertiary/aromatic N) is 2. The molecule has 0 aliphatic rings. The first-order valence-corrected chi connectivity index (χ1v) is 5.61. The van der Waals surface area contributed by atoms with Gasteiger partial charge in [-0.3, -0.25) is 10.1 Å². The molecule has 0 saturated heterocycles. The van der Waals surface area contributed by atoms with E-state index in [4.69, 9.17) is 16.3 Å². The number of rotatable bonds is 4. The van der Waals surface area contributed by atoms with Gasteiger partial charge in [0.15, 0.2) is 11.6 Å². The maximum Gasteiger partial charge on any atom is 0.272 e. The second-order valence-electron chi connectivity index (χ2n) is 3.65. The lowest BCUT2D eigenvalue weighted by atomic mass is 10.3. The molecule has 0 N–H and O–H groups in total. The highest BCUT2D eigenvalue weighted by Gasteiger charge is 2.11. The summed E-state index contributed by atoms with van der Waals surface area (Å²) in [5.41, 5.74) is 0.389. The van der Waals surface area contributed by atoms with Crippen molar-refractivity contribution in [2.24, 2.45) is 0 Å². The molecule has 1 aromatic heterocycles. The van der Waals surface area contributed by atoms with Gasteiger partial charge in [0, 0.05) is 17.8 Å². The average Bonchev–Trinajstić information content (AvgIpc) is 2.39. The van der Waals surface area contributed by atoms with Crippen molar-refractivity contribution >= 4 is 17.3 Å². The number of hydrogen-bond acceptors (Lipinski definition) is 4. The highest BCUT2D eigenvalue weighted by molar-refractivity contribution is 6.29.